The van der Waals surface area contributed by atoms with Gasteiger partial charge in [0.15, 0.2) is 11.1 Å². The number of hydrogen-bond donors (Lipinski definition) is 2. The number of thiophene rings is 1. The van der Waals surface area contributed by atoms with E-state index in [9.17, 15) is 9.00 Å². The van der Waals surface area contributed by atoms with E-state index in [-0.39, 0.29) is 9.77 Å². The van der Waals surface area contributed by atoms with Crippen molar-refractivity contribution < 1.29 is 18.7 Å². The Balaban J connectivity index is 3.19. The third-order valence-corrected chi connectivity index (χ3v) is 4.47. The minimum absolute atomic E-state index is 0.0850. The van der Waals surface area contributed by atoms with Crippen LogP contribution in [0.1, 0.15) is 9.67 Å². The highest BCUT2D eigenvalue weighted by Gasteiger charge is 2.16. The molecule has 0 aliphatic rings. The zero-order valence-corrected chi connectivity index (χ0v) is 8.96. The molecule has 0 spiro atoms. The van der Waals surface area contributed by atoms with Crippen LogP contribution in [0.5, 0.6) is 0 Å². The largest absolute Gasteiger partial charge is 0.477 e. The zero-order chi connectivity index (χ0) is 10.0. The highest BCUT2D eigenvalue weighted by Crippen LogP contribution is 2.32. The lowest BCUT2D eigenvalue weighted by Gasteiger charge is -1.91. The molecule has 1 unspecified atom stereocenters. The Bertz CT molecular complexity index is 357. The minimum atomic E-state index is -2.11. The smallest absolute Gasteiger partial charge is 0.345 e. The first kappa shape index (κ1) is 10.7. The number of carbonyl (C=O) groups is 1. The van der Waals surface area contributed by atoms with Crippen LogP contribution in [0.2, 0.25) is 0 Å². The summed E-state index contributed by atoms with van der Waals surface area (Å²) in [5.74, 6) is -1.07. The average Bonchev–Trinajstić information content (AvgIpc) is 2.47. The van der Waals surface area contributed by atoms with Crippen molar-refractivity contribution in [2.75, 3.05) is 6.26 Å². The van der Waals surface area contributed by atoms with E-state index in [1.54, 1.807) is 6.26 Å². The van der Waals surface area contributed by atoms with Gasteiger partial charge in [0.05, 0.1) is 9.10 Å². The van der Waals surface area contributed by atoms with Crippen LogP contribution in [0.3, 0.4) is 0 Å². The van der Waals surface area contributed by atoms with Crippen LogP contribution >= 0.6 is 23.1 Å². The number of carboxylic acid groups (broad SMARTS) is 1. The molecule has 2 N–H and O–H groups in total. The normalized spacial score (nSPS) is 12.8. The summed E-state index contributed by atoms with van der Waals surface area (Å²) in [6.45, 7) is 0. The molecule has 0 amide bonds. The van der Waals surface area contributed by atoms with Crippen molar-refractivity contribution in [2.24, 2.45) is 0 Å². The summed E-state index contributed by atoms with van der Waals surface area (Å²) >= 11 is 0.161. The first-order valence-electron chi connectivity index (χ1n) is 3.08. The number of thioether (sulfide) groups is 1. The molecule has 1 aromatic heterocycles. The molecule has 0 aliphatic heterocycles. The molecule has 0 saturated carbocycles. The highest BCUT2D eigenvalue weighted by atomic mass is 32.2. The van der Waals surface area contributed by atoms with Gasteiger partial charge in [-0.25, -0.2) is 9.00 Å². The Labute approximate surface area is 85.3 Å². The zero-order valence-electron chi connectivity index (χ0n) is 6.51. The van der Waals surface area contributed by atoms with Gasteiger partial charge in [0, 0.05) is 0 Å². The van der Waals surface area contributed by atoms with E-state index < -0.39 is 17.0 Å². The molecule has 0 saturated heterocycles. The van der Waals surface area contributed by atoms with E-state index in [0.717, 1.165) is 11.3 Å². The molecule has 0 aromatic carbocycles. The highest BCUT2D eigenvalue weighted by molar-refractivity contribution is 8.00. The number of hydrogen-bond acceptors (Lipinski definition) is 4. The Hall–Kier alpha value is -0.370. The lowest BCUT2D eigenvalue weighted by atomic mass is 10.5. The fourth-order valence-corrected chi connectivity index (χ4v) is 3.45. The second-order valence-corrected chi connectivity index (χ2v) is 5.09. The molecule has 4 nitrogen and oxygen atoms in total. The van der Waals surface area contributed by atoms with Crippen molar-refractivity contribution in [3.8, 4) is 0 Å². The molecular formula is C6H6O4S3. The Morgan fingerprint density at radius 2 is 2.31 bits per heavy atom. The van der Waals surface area contributed by atoms with Gasteiger partial charge in [-0.2, -0.15) is 0 Å². The van der Waals surface area contributed by atoms with Gasteiger partial charge in [-0.15, -0.1) is 23.1 Å². The lowest BCUT2D eigenvalue weighted by molar-refractivity contribution is 0.0702. The maximum Gasteiger partial charge on any atom is 0.345 e. The molecule has 0 bridgehead atoms. The fraction of sp³-hybridized carbons (Fsp3) is 0.167. The molecule has 0 fully saturated rings. The van der Waals surface area contributed by atoms with Crippen LogP contribution in [0.25, 0.3) is 0 Å². The number of carboxylic acids is 1. The molecule has 7 heteroatoms. The summed E-state index contributed by atoms with van der Waals surface area (Å²) in [5, 5.41) is 8.62. The molecule has 13 heavy (non-hydrogen) atoms. The van der Waals surface area contributed by atoms with Crippen molar-refractivity contribution in [1.82, 2.24) is 0 Å². The third-order valence-electron chi connectivity index (χ3n) is 1.25. The summed E-state index contributed by atoms with van der Waals surface area (Å²) in [4.78, 5) is 10.8. The fourth-order valence-electron chi connectivity index (χ4n) is 0.727. The van der Waals surface area contributed by atoms with Crippen molar-refractivity contribution in [3.63, 3.8) is 0 Å². The number of rotatable bonds is 3. The molecule has 1 heterocycles. The van der Waals surface area contributed by atoms with Gasteiger partial charge in [0.2, 0.25) is 0 Å². The monoisotopic (exact) mass is 238 g/mol. The van der Waals surface area contributed by atoms with Crippen LogP contribution in [0, 0.1) is 0 Å². The summed E-state index contributed by atoms with van der Waals surface area (Å²) in [6.07, 6.45) is 1.73. The van der Waals surface area contributed by atoms with Gasteiger partial charge < -0.3 is 9.66 Å². The van der Waals surface area contributed by atoms with Gasteiger partial charge in [-0.3, -0.25) is 0 Å². The van der Waals surface area contributed by atoms with E-state index in [0.29, 0.717) is 4.21 Å². The van der Waals surface area contributed by atoms with Gasteiger partial charge in [0.25, 0.3) is 0 Å². The standard InChI is InChI=1S/C6H6O4S3/c1-11-6-4(13(9)10)2-3(12-6)5(7)8/h2H,1H3,(H,7,8)(H,9,10). The van der Waals surface area contributed by atoms with Gasteiger partial charge in [-0.05, 0) is 12.3 Å². The quantitative estimate of drug-likeness (QED) is 0.620. The van der Waals surface area contributed by atoms with Crippen LogP contribution in [0.4, 0.5) is 0 Å². The molecule has 0 aliphatic carbocycles. The molecule has 1 atom stereocenters. The van der Waals surface area contributed by atoms with E-state index in [4.69, 9.17) is 9.66 Å². The SMILES string of the molecule is CSc1sc(C(=O)O)cc1S(=O)O. The van der Waals surface area contributed by atoms with Gasteiger partial charge in [0.1, 0.15) is 4.88 Å². The topological polar surface area (TPSA) is 74.6 Å². The molecule has 0 radical (unpaired) electrons. The van der Waals surface area contributed by atoms with Crippen molar-refractivity contribution in [2.45, 2.75) is 9.10 Å². The maximum atomic E-state index is 10.7. The maximum absolute atomic E-state index is 10.7. The summed E-state index contributed by atoms with van der Waals surface area (Å²) in [5.41, 5.74) is 0. The van der Waals surface area contributed by atoms with Gasteiger partial charge >= 0.3 is 5.97 Å². The van der Waals surface area contributed by atoms with E-state index in [1.165, 1.54) is 17.8 Å². The third kappa shape index (κ3) is 2.31. The van der Waals surface area contributed by atoms with Crippen LogP contribution in [-0.2, 0) is 11.1 Å². The van der Waals surface area contributed by atoms with E-state index >= 15 is 0 Å². The van der Waals surface area contributed by atoms with E-state index in [1.807, 2.05) is 0 Å². The predicted molar refractivity (Wildman–Crippen MR) is 52.1 cm³/mol. The van der Waals surface area contributed by atoms with Crippen LogP contribution < -0.4 is 0 Å². The second-order valence-electron chi connectivity index (χ2n) is 2.02. The van der Waals surface area contributed by atoms with Crippen molar-refractivity contribution in [3.05, 3.63) is 10.9 Å². The molecule has 72 valence electrons. The Morgan fingerprint density at radius 1 is 1.69 bits per heavy atom. The van der Waals surface area contributed by atoms with Crippen LogP contribution in [0.15, 0.2) is 15.2 Å². The first-order valence-corrected chi connectivity index (χ1v) is 6.23. The van der Waals surface area contributed by atoms with Crippen LogP contribution in [-0.4, -0.2) is 26.1 Å². The lowest BCUT2D eigenvalue weighted by Crippen LogP contribution is -1.91. The van der Waals surface area contributed by atoms with Crippen molar-refractivity contribution in [1.29, 1.82) is 0 Å². The first-order chi connectivity index (χ1) is 6.06. The molecule has 1 rings (SSSR count). The summed E-state index contributed by atoms with van der Waals surface area (Å²) in [6, 6.07) is 1.23. The van der Waals surface area contributed by atoms with E-state index in [2.05, 4.69) is 0 Å². The van der Waals surface area contributed by atoms with Crippen molar-refractivity contribution >= 4 is 40.1 Å². The predicted octanol–water partition coefficient (Wildman–Crippen LogP) is 1.75. The Kier molecular flexibility index (Phi) is 3.48. The summed E-state index contributed by atoms with van der Waals surface area (Å²) in [7, 11) is 0. The molecular weight excluding hydrogens is 232 g/mol. The number of aromatic carboxylic acids is 1. The summed E-state index contributed by atoms with van der Waals surface area (Å²) < 4.78 is 20.1. The van der Waals surface area contributed by atoms with Gasteiger partial charge in [-0.1, -0.05) is 0 Å². The average molecular weight is 238 g/mol. The second kappa shape index (κ2) is 4.23. The minimum Gasteiger partial charge on any atom is -0.477 e. The Morgan fingerprint density at radius 3 is 2.62 bits per heavy atom. The molecule has 1 aromatic rings.